The summed E-state index contributed by atoms with van der Waals surface area (Å²) in [6.07, 6.45) is 20.6. The molecule has 249 valence electrons. The first-order valence-corrected chi connectivity index (χ1v) is 18.7. The summed E-state index contributed by atoms with van der Waals surface area (Å²) in [6, 6.07) is 0. The van der Waals surface area contributed by atoms with Crippen molar-refractivity contribution in [1.29, 1.82) is 0 Å². The van der Waals surface area contributed by atoms with Crippen LogP contribution in [0.15, 0.2) is 0 Å². The summed E-state index contributed by atoms with van der Waals surface area (Å²) in [5, 5.41) is 0. The monoisotopic (exact) mass is 699 g/mol. The molecule has 4 unspecified atom stereocenters. The molecule has 4 atom stereocenters. The summed E-state index contributed by atoms with van der Waals surface area (Å²) in [5.74, 6) is 3.00. The molecule has 0 saturated carbocycles. The maximum atomic E-state index is 5.32. The minimum absolute atomic E-state index is 0. The molecule has 0 aliphatic carbocycles. The molecule has 0 rings (SSSR count). The fourth-order valence-electron chi connectivity index (χ4n) is 5.36. The number of rotatable bonds is 24. The van der Waals surface area contributed by atoms with Gasteiger partial charge in [0.05, 0.1) is 0 Å². The summed E-state index contributed by atoms with van der Waals surface area (Å²) < 4.78 is 1.35. The van der Waals surface area contributed by atoms with Crippen LogP contribution in [-0.4, -0.2) is 44.6 Å². The van der Waals surface area contributed by atoms with Crippen LogP contribution in [0.4, 0.5) is 0 Å². The Morgan fingerprint density at radius 1 is 0.476 bits per heavy atom. The van der Waals surface area contributed by atoms with Crippen molar-refractivity contribution in [3.63, 3.8) is 0 Å². The summed E-state index contributed by atoms with van der Waals surface area (Å²) >= 11 is 21.3. The normalized spacial score (nSPS) is 13.3. The van der Waals surface area contributed by atoms with Gasteiger partial charge in [-0.2, -0.15) is 0 Å². The van der Waals surface area contributed by atoms with Gasteiger partial charge in [-0.1, -0.05) is 141 Å². The average molecular weight is 700 g/mol. The zero-order chi connectivity index (χ0) is 30.8. The van der Waals surface area contributed by atoms with Crippen LogP contribution >= 0.6 is 24.4 Å². The van der Waals surface area contributed by atoms with E-state index in [1.165, 1.54) is 103 Å². The van der Waals surface area contributed by atoms with E-state index in [1.807, 2.05) is 0 Å². The number of hydrogen-bond acceptors (Lipinski definition) is 4. The molecule has 0 aliphatic rings. The van der Waals surface area contributed by atoms with Crippen LogP contribution < -0.4 is 0 Å². The van der Waals surface area contributed by atoms with E-state index < -0.39 is 0 Å². The van der Waals surface area contributed by atoms with E-state index in [9.17, 15) is 0 Å². The van der Waals surface area contributed by atoms with E-state index in [1.54, 1.807) is 0 Å². The minimum atomic E-state index is 0. The zero-order valence-corrected chi connectivity index (χ0v) is 33.5. The Hall–Kier alpha value is 0.764. The van der Waals surface area contributed by atoms with Crippen LogP contribution in [0.3, 0.4) is 0 Å². The number of nitrogens with zero attached hydrogens (tertiary/aromatic N) is 2. The third-order valence-electron chi connectivity index (χ3n) is 8.60. The van der Waals surface area contributed by atoms with Crippen molar-refractivity contribution in [2.45, 2.75) is 158 Å². The molecule has 42 heavy (non-hydrogen) atoms. The van der Waals surface area contributed by atoms with Gasteiger partial charge in [-0.05, 0) is 49.4 Å². The summed E-state index contributed by atoms with van der Waals surface area (Å²) in [4.78, 5) is 4.61. The van der Waals surface area contributed by atoms with E-state index in [4.69, 9.17) is 49.7 Å². The molecule has 0 saturated heterocycles. The Bertz CT molecular complexity index is 514. The first-order valence-electron chi connectivity index (χ1n) is 17.1. The molecule has 0 fully saturated rings. The smallest absolute Gasteiger partial charge is 2.00 e. The first-order chi connectivity index (χ1) is 19.2. The molecule has 0 aromatic heterocycles. The quantitative estimate of drug-likeness (QED) is 0.0737. The molecule has 1 radical (unpaired) electrons. The van der Waals surface area contributed by atoms with Gasteiger partial charge >= 0.3 is 18.6 Å². The predicted octanol–water partition coefficient (Wildman–Crippen LogP) is 11.0. The molecule has 0 aromatic rings. The molecule has 0 heterocycles. The van der Waals surface area contributed by atoms with Crippen molar-refractivity contribution in [2.24, 2.45) is 23.7 Å². The molecule has 0 bridgehead atoms. The van der Waals surface area contributed by atoms with Crippen molar-refractivity contribution < 1.29 is 24.0 Å². The van der Waals surface area contributed by atoms with Gasteiger partial charge in [0.1, 0.15) is 0 Å². The Morgan fingerprint density at radius 2 is 0.667 bits per heavy atom. The molecule has 0 aromatic carbocycles. The van der Waals surface area contributed by atoms with Crippen LogP contribution in [0.25, 0.3) is 0 Å². The van der Waals surface area contributed by atoms with Crippen molar-refractivity contribution >= 4 is 58.3 Å². The van der Waals surface area contributed by atoms with Crippen LogP contribution in [-0.2, 0) is 49.3 Å². The van der Waals surface area contributed by atoms with Crippen LogP contribution in [0, 0.1) is 23.7 Å². The summed E-state index contributed by atoms with van der Waals surface area (Å²) in [5.41, 5.74) is 0. The number of hydrogen-bond donors (Lipinski definition) is 0. The Kier molecular flexibility index (Phi) is 40.9. The maximum absolute atomic E-state index is 5.32. The van der Waals surface area contributed by atoms with Crippen molar-refractivity contribution in [3.8, 4) is 0 Å². The second kappa shape index (κ2) is 34.6. The topological polar surface area (TPSA) is 35.0 Å². The predicted molar refractivity (Wildman–Crippen MR) is 197 cm³/mol. The van der Waals surface area contributed by atoms with Gasteiger partial charge < -0.3 is 65.0 Å². The van der Waals surface area contributed by atoms with E-state index in [2.05, 4.69) is 65.2 Å². The third kappa shape index (κ3) is 27.1. The Morgan fingerprint density at radius 3 is 0.786 bits per heavy atom. The largest absolute Gasteiger partial charge is 4.00 e. The van der Waals surface area contributed by atoms with Crippen molar-refractivity contribution in [2.75, 3.05) is 26.2 Å². The van der Waals surface area contributed by atoms with E-state index >= 15 is 0 Å². The van der Waals surface area contributed by atoms with Gasteiger partial charge in [0.2, 0.25) is 0 Å². The van der Waals surface area contributed by atoms with Gasteiger partial charge in [-0.3, -0.25) is 0 Å². The minimum Gasteiger partial charge on any atom is -2.00 e. The second-order valence-electron chi connectivity index (χ2n) is 12.0. The van der Waals surface area contributed by atoms with E-state index in [0.29, 0.717) is 8.64 Å². The summed E-state index contributed by atoms with van der Waals surface area (Å²) in [7, 11) is 0. The zero-order valence-electron chi connectivity index (χ0n) is 28.8. The molecule has 0 spiro atoms. The summed E-state index contributed by atoms with van der Waals surface area (Å²) in [6.45, 7) is 22.5. The standard InChI is InChI=1S/2C17H35NS2.O.V/c2*1-5-9-11-15(7-3)13-18(17(19)20)14-16(8-4)12-10-6-2;;/h2*15-16H,5-14H2,1-4H3,(H,19,20);;/q;;-2;+4/p-2. The van der Waals surface area contributed by atoms with Gasteiger partial charge in [0, 0.05) is 26.2 Å². The number of unbranched alkanes of at least 4 members (excludes halogenated alkanes) is 4. The fraction of sp³-hybridized carbons (Fsp3) is 0.941. The van der Waals surface area contributed by atoms with E-state index in [0.717, 1.165) is 49.9 Å². The van der Waals surface area contributed by atoms with Crippen LogP contribution in [0.1, 0.15) is 158 Å². The van der Waals surface area contributed by atoms with Crippen LogP contribution in [0.2, 0.25) is 0 Å². The molecule has 8 heteroatoms. The average Bonchev–Trinajstić information content (AvgIpc) is 2.95. The van der Waals surface area contributed by atoms with Crippen molar-refractivity contribution in [1.82, 2.24) is 9.80 Å². The van der Waals surface area contributed by atoms with Crippen molar-refractivity contribution in [3.05, 3.63) is 0 Å². The maximum Gasteiger partial charge on any atom is 4.00 e. The van der Waals surface area contributed by atoms with Gasteiger partial charge in [-0.15, -0.1) is 0 Å². The third-order valence-corrected chi connectivity index (χ3v) is 9.64. The molecular formula is C34H68N2OS4V. The molecule has 0 aliphatic heterocycles. The molecule has 0 amide bonds. The molecule has 0 N–H and O–H groups in total. The van der Waals surface area contributed by atoms with Gasteiger partial charge in [0.25, 0.3) is 0 Å². The molecule has 3 nitrogen and oxygen atoms in total. The van der Waals surface area contributed by atoms with E-state index in [-0.39, 0.29) is 24.0 Å². The van der Waals surface area contributed by atoms with Gasteiger partial charge in [-0.25, -0.2) is 0 Å². The van der Waals surface area contributed by atoms with Crippen LogP contribution in [0.5, 0.6) is 0 Å². The Labute approximate surface area is 298 Å². The van der Waals surface area contributed by atoms with Gasteiger partial charge in [0.15, 0.2) is 0 Å². The SMILES string of the molecule is CCCCC(CC)CN(CC(CC)CCCC)C(=S)[S-].CCCCC(CC)CN(CC(CC)CCCC)C(=S)[S-].[O-2].[V+4]. The first kappa shape index (κ1) is 49.6. The number of thiocarbonyl (C=S) groups is 2. The second-order valence-corrected chi connectivity index (χ2v) is 14.1. The fourth-order valence-corrected chi connectivity index (χ4v) is 5.96. The molecular weight excluding hydrogens is 632 g/mol. The Balaban J connectivity index is -0.000000328.